The number of fused-ring (bicyclic) bond motifs is 3. The quantitative estimate of drug-likeness (QED) is 0.249. The predicted molar refractivity (Wildman–Crippen MR) is 160 cm³/mol. The van der Waals surface area contributed by atoms with Gasteiger partial charge in [-0.3, -0.25) is 19.3 Å². The fourth-order valence-electron chi connectivity index (χ4n) is 6.92. The summed E-state index contributed by atoms with van der Waals surface area (Å²) in [5, 5.41) is 58.2. The van der Waals surface area contributed by atoms with E-state index in [4.69, 9.17) is 11.0 Å². The molecule has 44 heavy (non-hydrogen) atoms. The third kappa shape index (κ3) is 4.61. The van der Waals surface area contributed by atoms with Gasteiger partial charge in [0.05, 0.1) is 23.2 Å². The number of Topliss-reactive ketones (excluding diaryl/α,β-unsaturated/α-hetero) is 2. The number of carbonyl (C=O) groups excluding carboxylic acids is 3. The van der Waals surface area contributed by atoms with Gasteiger partial charge in [-0.05, 0) is 62.2 Å². The van der Waals surface area contributed by atoms with E-state index in [1.807, 2.05) is 31.1 Å². The average molecular weight is 602 g/mol. The summed E-state index contributed by atoms with van der Waals surface area (Å²) in [4.78, 5) is 42.9. The van der Waals surface area contributed by atoms with E-state index in [1.165, 1.54) is 4.90 Å². The fraction of sp³-hybridized carbons (Fsp3) is 0.375. The molecule has 2 aromatic carbocycles. The Labute approximate surface area is 254 Å². The zero-order chi connectivity index (χ0) is 32.2. The second-order valence-electron chi connectivity index (χ2n) is 12.0. The number of ketones is 2. The maximum absolute atomic E-state index is 14.1. The third-order valence-electron chi connectivity index (χ3n) is 8.99. The van der Waals surface area contributed by atoms with Crippen LogP contribution in [-0.2, 0) is 33.9 Å². The van der Waals surface area contributed by atoms with Gasteiger partial charge in [-0.1, -0.05) is 12.1 Å². The zero-order valence-corrected chi connectivity index (χ0v) is 24.9. The molecule has 3 aliphatic carbocycles. The number of rotatable bonds is 7. The van der Waals surface area contributed by atoms with Crippen LogP contribution in [0, 0.1) is 23.2 Å². The molecule has 5 rings (SSSR count). The van der Waals surface area contributed by atoms with Crippen LogP contribution in [0.5, 0.6) is 5.75 Å². The molecule has 0 saturated heterocycles. The highest BCUT2D eigenvalue weighted by molar-refractivity contribution is 6.24. The van der Waals surface area contributed by atoms with Gasteiger partial charge in [-0.15, -0.1) is 0 Å². The van der Waals surface area contributed by atoms with E-state index < -0.39 is 58.0 Å². The number of nitriles is 1. The van der Waals surface area contributed by atoms with Gasteiger partial charge in [-0.25, -0.2) is 0 Å². The minimum atomic E-state index is -2.69. The Morgan fingerprint density at radius 2 is 1.77 bits per heavy atom. The molecular formula is C32H35N5O7. The van der Waals surface area contributed by atoms with Crippen LogP contribution < -0.4 is 16.0 Å². The van der Waals surface area contributed by atoms with E-state index in [0.717, 1.165) is 5.56 Å². The van der Waals surface area contributed by atoms with Crippen LogP contribution in [0.3, 0.4) is 0 Å². The third-order valence-corrected chi connectivity index (χ3v) is 8.99. The molecule has 3 aliphatic rings. The average Bonchev–Trinajstić information content (AvgIpc) is 2.96. The molecule has 1 unspecified atom stereocenters. The van der Waals surface area contributed by atoms with Crippen molar-refractivity contribution in [2.24, 2.45) is 17.6 Å². The van der Waals surface area contributed by atoms with Crippen LogP contribution in [0.15, 0.2) is 47.2 Å². The smallest absolute Gasteiger partial charge is 0.255 e. The number of aromatic hydroxyl groups is 1. The van der Waals surface area contributed by atoms with Crippen molar-refractivity contribution in [3.8, 4) is 11.8 Å². The Hall–Kier alpha value is -4.70. The van der Waals surface area contributed by atoms with Gasteiger partial charge in [0, 0.05) is 49.9 Å². The van der Waals surface area contributed by atoms with Crippen molar-refractivity contribution in [3.05, 3.63) is 75.1 Å². The number of primary amides is 1. The van der Waals surface area contributed by atoms with E-state index in [-0.39, 0.29) is 36.3 Å². The highest BCUT2D eigenvalue weighted by Gasteiger charge is 2.64. The number of nitrogens with one attached hydrogen (secondary N) is 1. The normalized spacial score (nSPS) is 24.5. The second-order valence-corrected chi connectivity index (χ2v) is 12.0. The summed E-state index contributed by atoms with van der Waals surface area (Å²) in [7, 11) is 6.76. The number of anilines is 1. The molecule has 7 N–H and O–H groups in total. The van der Waals surface area contributed by atoms with E-state index in [9.17, 15) is 34.8 Å². The Bertz CT molecular complexity index is 1690. The summed E-state index contributed by atoms with van der Waals surface area (Å²) < 4.78 is 0. The van der Waals surface area contributed by atoms with Crippen molar-refractivity contribution in [1.82, 2.24) is 10.2 Å². The van der Waals surface area contributed by atoms with Crippen molar-refractivity contribution in [1.29, 1.82) is 5.26 Å². The molecule has 0 aliphatic heterocycles. The van der Waals surface area contributed by atoms with Crippen molar-refractivity contribution < 1.29 is 34.8 Å². The number of benzene rings is 2. The lowest BCUT2D eigenvalue weighted by Gasteiger charge is -2.50. The van der Waals surface area contributed by atoms with Gasteiger partial charge in [0.1, 0.15) is 22.8 Å². The lowest BCUT2D eigenvalue weighted by atomic mass is 9.57. The zero-order valence-electron chi connectivity index (χ0n) is 24.9. The molecule has 2 aromatic rings. The molecule has 12 nitrogen and oxygen atoms in total. The van der Waals surface area contributed by atoms with Crippen LogP contribution in [0.1, 0.15) is 34.2 Å². The summed E-state index contributed by atoms with van der Waals surface area (Å²) in [6, 6.07) is 9.79. The molecule has 0 aromatic heterocycles. The van der Waals surface area contributed by atoms with E-state index >= 15 is 0 Å². The van der Waals surface area contributed by atoms with Gasteiger partial charge in [0.15, 0.2) is 11.4 Å². The van der Waals surface area contributed by atoms with Gasteiger partial charge < -0.3 is 36.4 Å². The minimum Gasteiger partial charge on any atom is -0.508 e. The first-order valence-corrected chi connectivity index (χ1v) is 14.1. The molecule has 230 valence electrons. The maximum Gasteiger partial charge on any atom is 0.255 e. The topological polar surface area (TPSA) is 200 Å². The first-order chi connectivity index (χ1) is 20.7. The fourth-order valence-corrected chi connectivity index (χ4v) is 6.92. The summed E-state index contributed by atoms with van der Waals surface area (Å²) >= 11 is 0. The Balaban J connectivity index is 1.59. The minimum absolute atomic E-state index is 0.0211. The molecule has 0 radical (unpaired) electrons. The summed E-state index contributed by atoms with van der Waals surface area (Å²) in [6.45, 7) is 0.630. The number of nitrogens with zero attached hydrogens (tertiary/aromatic N) is 3. The summed E-state index contributed by atoms with van der Waals surface area (Å²) in [6.07, 6.45) is 0.224. The van der Waals surface area contributed by atoms with E-state index in [0.29, 0.717) is 28.9 Å². The Kier molecular flexibility index (Phi) is 7.75. The molecule has 0 bridgehead atoms. The summed E-state index contributed by atoms with van der Waals surface area (Å²) in [5.74, 6) is -6.80. The van der Waals surface area contributed by atoms with Crippen molar-refractivity contribution in [2.45, 2.75) is 37.6 Å². The predicted octanol–water partition coefficient (Wildman–Crippen LogP) is 1.19. The number of amides is 1. The standard InChI is InChI=1S/C32H35N5O7/c1-36(2)21-11-18(14-35-13-16-7-5-15(12-33)6-8-16)26(38)23-19(21)9-17-10-20-25(37(3)4)28(40)24(31(34)43)30(42)32(20,44)29(41)22(17)27(23)39/h5-8,11,17,20,25,35,38-39,42,44H,9-10,13-14H2,1-4H3,(H2,34,43)/t17-,20+,25?,32-/m0/s1. The Morgan fingerprint density at radius 3 is 2.34 bits per heavy atom. The molecule has 12 heteroatoms. The number of phenols is 1. The molecule has 1 fully saturated rings. The number of hydrogen-bond donors (Lipinski definition) is 6. The van der Waals surface area contributed by atoms with Crippen molar-refractivity contribution >= 4 is 28.9 Å². The number of aliphatic hydroxyl groups excluding tert-OH is 2. The molecule has 0 spiro atoms. The van der Waals surface area contributed by atoms with Crippen LogP contribution >= 0.6 is 0 Å². The second kappa shape index (κ2) is 11.1. The molecule has 4 atom stereocenters. The number of carbonyl (C=O) groups is 3. The van der Waals surface area contributed by atoms with E-state index in [2.05, 4.69) is 11.4 Å². The molecule has 1 amide bonds. The maximum atomic E-state index is 14.1. The number of nitrogens with two attached hydrogens (primary N) is 1. The SMILES string of the molecule is CN(C)c1cc(CNCc2ccc(C#N)cc2)c(O)c2c1C[C@H]1C[C@@H]3C(N(C)C)C(=O)C(C(N)=O)=C(O)[C@@]3(O)C(=O)C1=C2O. The lowest BCUT2D eigenvalue weighted by Crippen LogP contribution is -2.65. The number of aliphatic hydroxyl groups is 3. The van der Waals surface area contributed by atoms with Gasteiger partial charge in [0.2, 0.25) is 5.78 Å². The molecule has 0 heterocycles. The lowest BCUT2D eigenvalue weighted by molar-refractivity contribution is -0.153. The summed E-state index contributed by atoms with van der Waals surface area (Å²) in [5.41, 5.74) is 4.91. The molecule has 1 saturated carbocycles. The van der Waals surface area contributed by atoms with Crippen LogP contribution in [-0.4, -0.2) is 82.6 Å². The van der Waals surface area contributed by atoms with Crippen LogP contribution in [0.25, 0.3) is 5.76 Å². The monoisotopic (exact) mass is 601 g/mol. The first kappa shape index (κ1) is 30.7. The highest BCUT2D eigenvalue weighted by Crippen LogP contribution is 2.54. The van der Waals surface area contributed by atoms with E-state index in [1.54, 1.807) is 32.3 Å². The van der Waals surface area contributed by atoms with Crippen molar-refractivity contribution in [2.75, 3.05) is 33.1 Å². The van der Waals surface area contributed by atoms with Crippen LogP contribution in [0.2, 0.25) is 0 Å². The highest BCUT2D eigenvalue weighted by atomic mass is 16.3. The van der Waals surface area contributed by atoms with Crippen LogP contribution in [0.4, 0.5) is 5.69 Å². The first-order valence-electron chi connectivity index (χ1n) is 14.1. The number of hydrogen-bond acceptors (Lipinski definition) is 11. The van der Waals surface area contributed by atoms with Gasteiger partial charge in [0.25, 0.3) is 5.91 Å². The largest absolute Gasteiger partial charge is 0.508 e. The van der Waals surface area contributed by atoms with Gasteiger partial charge in [-0.2, -0.15) is 5.26 Å². The molecular weight excluding hydrogens is 566 g/mol. The number of phenolic OH excluding ortho intramolecular Hbond substituents is 1. The van der Waals surface area contributed by atoms with Gasteiger partial charge >= 0.3 is 0 Å². The Morgan fingerprint density at radius 1 is 1.11 bits per heavy atom. The van der Waals surface area contributed by atoms with Crippen molar-refractivity contribution in [3.63, 3.8) is 0 Å². The number of likely N-dealkylation sites (N-methyl/N-ethyl adjacent to an activating group) is 1.